The van der Waals surface area contributed by atoms with E-state index >= 15 is 0 Å². The van der Waals surface area contributed by atoms with Gasteiger partial charge in [0, 0.05) is 26.8 Å². The highest BCUT2D eigenvalue weighted by Crippen LogP contribution is 2.24. The number of carbonyl (C=O) groups excluding carboxylic acids is 6. The molecule has 31 heteroatoms. The van der Waals surface area contributed by atoms with Crippen molar-refractivity contribution in [2.24, 2.45) is 0 Å². The van der Waals surface area contributed by atoms with E-state index in [9.17, 15) is 74.7 Å². The summed E-state index contributed by atoms with van der Waals surface area (Å²) in [7, 11) is 0. The molecular formula is C40H71N7O24. The minimum atomic E-state index is -1.60. The Morgan fingerprint density at radius 1 is 0.479 bits per heavy atom. The minimum Gasteiger partial charge on any atom is -0.394 e. The molecule has 6 unspecified atom stereocenters. The fourth-order valence-corrected chi connectivity index (χ4v) is 7.48. The summed E-state index contributed by atoms with van der Waals surface area (Å²) in [4.78, 5) is 74.0. The minimum absolute atomic E-state index is 0.353. The molecule has 71 heavy (non-hydrogen) atoms. The van der Waals surface area contributed by atoms with Gasteiger partial charge in [-0.3, -0.25) is 28.8 Å². The number of nitrogens with one attached hydrogen (secondary N) is 7. The Bertz CT molecular complexity index is 1510. The molecule has 3 aliphatic rings. The number of rotatable bonds is 29. The van der Waals surface area contributed by atoms with Crippen LogP contribution in [0.15, 0.2) is 0 Å². The molecule has 0 aromatic rings. The van der Waals surface area contributed by atoms with Gasteiger partial charge in [0.2, 0.25) is 35.4 Å². The lowest BCUT2D eigenvalue weighted by molar-refractivity contribution is -0.271. The Balaban J connectivity index is 1.65. The first kappa shape index (κ1) is 61.4. The van der Waals surface area contributed by atoms with Crippen molar-refractivity contribution in [3.8, 4) is 0 Å². The van der Waals surface area contributed by atoms with E-state index in [2.05, 4.69) is 37.2 Å². The summed E-state index contributed by atoms with van der Waals surface area (Å²) in [5.74, 6) is -4.04. The van der Waals surface area contributed by atoms with Crippen molar-refractivity contribution >= 4 is 35.4 Å². The van der Waals surface area contributed by atoms with E-state index in [1.165, 1.54) is 0 Å². The van der Waals surface area contributed by atoms with Crippen LogP contribution in [0.4, 0.5) is 0 Å². The maximum atomic E-state index is 12.9. The van der Waals surface area contributed by atoms with E-state index in [4.69, 9.17) is 42.6 Å². The van der Waals surface area contributed by atoms with Gasteiger partial charge in [-0.15, -0.1) is 0 Å². The van der Waals surface area contributed by atoms with Gasteiger partial charge in [0.05, 0.1) is 45.2 Å². The van der Waals surface area contributed by atoms with E-state index in [1.54, 1.807) is 13.8 Å². The largest absolute Gasteiger partial charge is 0.394 e. The van der Waals surface area contributed by atoms with Gasteiger partial charge < -0.3 is 126 Å². The van der Waals surface area contributed by atoms with Gasteiger partial charge in [-0.25, -0.2) is 0 Å². The molecule has 3 rings (SSSR count). The Kier molecular flexibility index (Phi) is 26.2. The second kappa shape index (κ2) is 30.3. The Labute approximate surface area is 407 Å². The van der Waals surface area contributed by atoms with E-state index < -0.39 is 193 Å². The van der Waals surface area contributed by atoms with Gasteiger partial charge in [0.15, 0.2) is 18.9 Å². The third kappa shape index (κ3) is 19.4. The number of ether oxygens (including phenoxy) is 9. The molecule has 3 heterocycles. The lowest BCUT2D eigenvalue weighted by atomic mass is 9.97. The summed E-state index contributed by atoms with van der Waals surface area (Å²) < 4.78 is 50.2. The van der Waals surface area contributed by atoms with Crippen molar-refractivity contribution in [2.75, 3.05) is 79.7 Å². The summed E-state index contributed by atoms with van der Waals surface area (Å²) in [5.41, 5.74) is -1.41. The van der Waals surface area contributed by atoms with Crippen LogP contribution in [0.3, 0.4) is 0 Å². The van der Waals surface area contributed by atoms with Crippen LogP contribution < -0.4 is 37.2 Å². The number of aliphatic hydroxyl groups is 9. The zero-order valence-corrected chi connectivity index (χ0v) is 39.9. The normalized spacial score (nSPS) is 31.7. The van der Waals surface area contributed by atoms with Gasteiger partial charge in [0.1, 0.15) is 113 Å². The predicted octanol–water partition coefficient (Wildman–Crippen LogP) is -10.1. The zero-order chi connectivity index (χ0) is 53.0. The summed E-state index contributed by atoms with van der Waals surface area (Å²) in [6, 6.07) is -4.19. The van der Waals surface area contributed by atoms with Crippen molar-refractivity contribution in [1.29, 1.82) is 0 Å². The summed E-state index contributed by atoms with van der Waals surface area (Å²) >= 11 is 0. The van der Waals surface area contributed by atoms with Crippen molar-refractivity contribution in [1.82, 2.24) is 37.2 Å². The summed E-state index contributed by atoms with van der Waals surface area (Å²) in [6.45, 7) is 0.160. The molecule has 15 atom stereocenters. The monoisotopic (exact) mass is 1030 g/mol. The van der Waals surface area contributed by atoms with Gasteiger partial charge in [-0.05, 0) is 0 Å². The van der Waals surface area contributed by atoms with Crippen LogP contribution in [0, 0.1) is 0 Å². The van der Waals surface area contributed by atoms with Gasteiger partial charge in [-0.1, -0.05) is 13.8 Å². The molecule has 3 aliphatic heterocycles. The van der Waals surface area contributed by atoms with Gasteiger partial charge in [-0.2, -0.15) is 0 Å². The molecule has 0 spiro atoms. The average molecular weight is 1030 g/mol. The van der Waals surface area contributed by atoms with Crippen molar-refractivity contribution < 1.29 is 117 Å². The van der Waals surface area contributed by atoms with Crippen LogP contribution in [0.25, 0.3) is 0 Å². The van der Waals surface area contributed by atoms with Gasteiger partial charge in [0.25, 0.3) is 0 Å². The van der Waals surface area contributed by atoms with Crippen molar-refractivity contribution in [3.05, 3.63) is 0 Å². The van der Waals surface area contributed by atoms with E-state index in [0.29, 0.717) is 0 Å². The average Bonchev–Trinajstić information content (AvgIpc) is 3.29. The molecule has 410 valence electrons. The molecular weight excluding hydrogens is 962 g/mol. The molecule has 16 N–H and O–H groups in total. The molecule has 3 saturated heterocycles. The fraction of sp³-hybridized carbons (Fsp3) is 0.850. The Morgan fingerprint density at radius 3 is 0.972 bits per heavy atom. The first-order valence-electron chi connectivity index (χ1n) is 22.4. The third-order valence-electron chi connectivity index (χ3n) is 10.7. The molecule has 0 aromatic heterocycles. The molecule has 3 fully saturated rings. The van der Waals surface area contributed by atoms with Crippen molar-refractivity contribution in [3.63, 3.8) is 0 Å². The lowest BCUT2D eigenvalue weighted by Crippen LogP contribution is -2.64. The third-order valence-corrected chi connectivity index (χ3v) is 10.7. The highest BCUT2D eigenvalue weighted by molar-refractivity contribution is 5.78. The maximum Gasteiger partial charge on any atom is 0.247 e. The van der Waals surface area contributed by atoms with Gasteiger partial charge >= 0.3 is 0 Å². The number of amides is 6. The second-order valence-electron chi connectivity index (χ2n) is 17.1. The molecule has 31 nitrogen and oxygen atoms in total. The summed E-state index contributed by atoms with van der Waals surface area (Å²) in [5, 5.41) is 109. The van der Waals surface area contributed by atoms with Crippen LogP contribution >= 0.6 is 0 Å². The number of aliphatic hydroxyl groups excluding tert-OH is 9. The molecule has 0 aromatic carbocycles. The molecule has 0 aliphatic carbocycles. The van der Waals surface area contributed by atoms with Crippen LogP contribution in [0.5, 0.6) is 0 Å². The van der Waals surface area contributed by atoms with Crippen LogP contribution in [0.1, 0.15) is 34.6 Å². The van der Waals surface area contributed by atoms with E-state index in [0.717, 1.165) is 20.8 Å². The highest BCUT2D eigenvalue weighted by atomic mass is 16.7. The molecule has 0 bridgehead atoms. The smallest absolute Gasteiger partial charge is 0.247 e. The first-order valence-corrected chi connectivity index (χ1v) is 22.4. The van der Waals surface area contributed by atoms with Crippen molar-refractivity contribution in [2.45, 2.75) is 138 Å². The van der Waals surface area contributed by atoms with Crippen LogP contribution in [-0.2, 0) is 71.4 Å². The standard InChI is InChI=1S/C40H71N7O24/c1-18(2)47-40(12-63-9-25(54)41-15-66-37-28(44-19(3)51)34(60)31(57)22(6-48)69-37,13-64-10-26(55)42-16-67-38-29(45-20(4)52)35(61)32(58)23(7-49)70-38)14-65-11-27(56)43-17-68-39-30(46-21(5)53)36(62)33(59)24(8-50)71-39/h18,22-24,28-39,47-50,57-62H,6-17H2,1-5H3,(H,41,54)(H,42,55)(H,43,56)(H,44,51)(H,45,52)(H,46,53)/t22?,23?,24?,28?,29?,30?,31-,32-,33-,34+,35+,36+,37+,38+,39+,40?/m0/s1. The number of hydrogen-bond acceptors (Lipinski definition) is 25. The molecule has 0 radical (unpaired) electrons. The second-order valence-corrected chi connectivity index (χ2v) is 17.1. The Hall–Kier alpha value is -3.94. The molecule has 0 saturated carbocycles. The van der Waals surface area contributed by atoms with E-state index in [1.807, 2.05) is 0 Å². The fourth-order valence-electron chi connectivity index (χ4n) is 7.48. The summed E-state index contributed by atoms with van der Waals surface area (Å²) in [6.07, 6.45) is -17.6. The first-order chi connectivity index (χ1) is 33.6. The van der Waals surface area contributed by atoms with Crippen LogP contribution in [0.2, 0.25) is 0 Å². The maximum absolute atomic E-state index is 12.9. The SMILES string of the molecule is CC(=O)NC1[C@H](OCNC(=O)COCC(COCC(=O)NCO[C@@H]2OC(CO)[C@H](O)[C@H](O)C2NC(C)=O)(COCC(=O)NCO[C@@H]2OC(CO)[C@H](O)[C@H](O)C2NC(C)=O)NC(C)C)OC(CO)[C@H](O)[C@@H]1O. The number of carbonyl (C=O) groups is 6. The van der Waals surface area contributed by atoms with Crippen LogP contribution in [-0.4, -0.2) is 265 Å². The van der Waals surface area contributed by atoms with E-state index in [-0.39, 0.29) is 25.9 Å². The zero-order valence-electron chi connectivity index (χ0n) is 39.9. The lowest BCUT2D eigenvalue weighted by Gasteiger charge is -2.42. The topological polar surface area (TPSA) is 452 Å². The molecule has 6 amide bonds. The highest BCUT2D eigenvalue weighted by Gasteiger charge is 2.48. The quantitative estimate of drug-likeness (QED) is 0.0309. The number of hydrogen-bond donors (Lipinski definition) is 16. The Morgan fingerprint density at radius 2 is 0.746 bits per heavy atom. The predicted molar refractivity (Wildman–Crippen MR) is 232 cm³/mol.